The highest BCUT2D eigenvalue weighted by Crippen LogP contribution is 2.35. The van der Waals surface area contributed by atoms with Crippen molar-refractivity contribution in [2.45, 2.75) is 17.3 Å². The Labute approximate surface area is 187 Å². The molecule has 0 bridgehead atoms. The predicted molar refractivity (Wildman–Crippen MR) is 118 cm³/mol. The minimum Gasteiger partial charge on any atom is -0.487 e. The molecule has 1 N–H and O–H groups in total. The lowest BCUT2D eigenvalue weighted by molar-refractivity contribution is -0.131. The van der Waals surface area contributed by atoms with Crippen molar-refractivity contribution in [3.8, 4) is 5.75 Å². The van der Waals surface area contributed by atoms with Gasteiger partial charge in [0.1, 0.15) is 23.9 Å². The molecular formula is C22H16Cl2FNO3S. The first-order chi connectivity index (χ1) is 14.4. The van der Waals surface area contributed by atoms with Crippen LogP contribution in [0.4, 0.5) is 4.39 Å². The molecule has 8 heteroatoms. The van der Waals surface area contributed by atoms with Crippen LogP contribution in [0.2, 0.25) is 10.0 Å². The second kappa shape index (κ2) is 10.5. The molecular weight excluding hydrogens is 448 g/mol. The van der Waals surface area contributed by atoms with E-state index >= 15 is 0 Å². The van der Waals surface area contributed by atoms with Crippen LogP contribution in [-0.4, -0.2) is 16.1 Å². The largest absolute Gasteiger partial charge is 0.487 e. The van der Waals surface area contributed by atoms with E-state index in [1.165, 1.54) is 30.0 Å². The number of hydrogen-bond donors (Lipinski definition) is 1. The second-order valence-corrected chi connectivity index (χ2v) is 7.91. The van der Waals surface area contributed by atoms with Crippen molar-refractivity contribution in [1.82, 2.24) is 4.98 Å². The summed E-state index contributed by atoms with van der Waals surface area (Å²) in [6, 6.07) is 14.7. The Morgan fingerprint density at radius 3 is 2.47 bits per heavy atom. The zero-order valence-electron chi connectivity index (χ0n) is 15.5. The van der Waals surface area contributed by atoms with Gasteiger partial charge in [-0.05, 0) is 48.0 Å². The van der Waals surface area contributed by atoms with Gasteiger partial charge < -0.3 is 9.84 Å². The Kier molecular flexibility index (Phi) is 7.74. The molecule has 30 heavy (non-hydrogen) atoms. The highest BCUT2D eigenvalue weighted by Gasteiger charge is 2.10. The fourth-order valence-electron chi connectivity index (χ4n) is 2.48. The van der Waals surface area contributed by atoms with E-state index in [-0.39, 0.29) is 12.4 Å². The van der Waals surface area contributed by atoms with Crippen LogP contribution in [0, 0.1) is 5.82 Å². The monoisotopic (exact) mass is 463 g/mol. The van der Waals surface area contributed by atoms with Crippen molar-refractivity contribution in [1.29, 1.82) is 0 Å². The number of rotatable bonds is 8. The summed E-state index contributed by atoms with van der Waals surface area (Å²) in [6.07, 6.45) is 2.37. The Morgan fingerprint density at radius 1 is 1.10 bits per heavy atom. The first kappa shape index (κ1) is 22.2. The molecule has 0 radical (unpaired) electrons. The van der Waals surface area contributed by atoms with E-state index in [2.05, 4.69) is 4.98 Å². The van der Waals surface area contributed by atoms with Crippen LogP contribution in [-0.2, 0) is 17.2 Å². The lowest BCUT2D eigenvalue weighted by Crippen LogP contribution is -2.00. The zero-order chi connectivity index (χ0) is 21.5. The van der Waals surface area contributed by atoms with Gasteiger partial charge in [0.15, 0.2) is 0 Å². The van der Waals surface area contributed by atoms with Crippen LogP contribution in [0.3, 0.4) is 0 Å². The molecule has 2 aromatic carbocycles. The van der Waals surface area contributed by atoms with Gasteiger partial charge in [-0.1, -0.05) is 41.4 Å². The fourth-order valence-corrected chi connectivity index (χ4v) is 4.07. The average molecular weight is 464 g/mol. The van der Waals surface area contributed by atoms with Gasteiger partial charge >= 0.3 is 5.97 Å². The number of benzene rings is 2. The molecule has 0 unspecified atom stereocenters. The summed E-state index contributed by atoms with van der Waals surface area (Å²) >= 11 is 13.8. The predicted octanol–water partition coefficient (Wildman–Crippen LogP) is 6.50. The maximum Gasteiger partial charge on any atom is 0.328 e. The molecule has 3 aromatic rings. The van der Waals surface area contributed by atoms with Gasteiger partial charge in [-0.3, -0.25) is 0 Å². The molecule has 0 saturated heterocycles. The van der Waals surface area contributed by atoms with E-state index in [0.717, 1.165) is 16.5 Å². The van der Waals surface area contributed by atoms with Crippen molar-refractivity contribution >= 4 is 47.0 Å². The second-order valence-electron chi connectivity index (χ2n) is 6.11. The van der Waals surface area contributed by atoms with Gasteiger partial charge in [-0.2, -0.15) is 0 Å². The molecule has 0 aliphatic heterocycles. The van der Waals surface area contributed by atoms with Gasteiger partial charge in [-0.15, -0.1) is 11.8 Å². The lowest BCUT2D eigenvalue weighted by atomic mass is 10.2. The number of carbonyl (C=O) groups is 1. The molecule has 3 rings (SSSR count). The number of aromatic nitrogens is 1. The number of pyridine rings is 1. The Morgan fingerprint density at radius 2 is 1.80 bits per heavy atom. The molecule has 4 nitrogen and oxygen atoms in total. The first-order valence-corrected chi connectivity index (χ1v) is 10.5. The van der Waals surface area contributed by atoms with Gasteiger partial charge in [0.25, 0.3) is 0 Å². The molecule has 0 saturated carbocycles. The maximum atomic E-state index is 13.0. The van der Waals surface area contributed by atoms with Gasteiger partial charge in [0.05, 0.1) is 15.7 Å². The van der Waals surface area contributed by atoms with E-state index in [9.17, 15) is 9.18 Å². The smallest absolute Gasteiger partial charge is 0.328 e. The minimum absolute atomic E-state index is 0.194. The van der Waals surface area contributed by atoms with E-state index in [1.54, 1.807) is 42.5 Å². The third-order valence-corrected chi connectivity index (χ3v) is 5.94. The first-order valence-electron chi connectivity index (χ1n) is 8.77. The summed E-state index contributed by atoms with van der Waals surface area (Å²) < 4.78 is 18.8. The molecule has 0 aliphatic carbocycles. The van der Waals surface area contributed by atoms with Crippen LogP contribution < -0.4 is 4.74 Å². The topological polar surface area (TPSA) is 59.4 Å². The third-order valence-electron chi connectivity index (χ3n) is 3.92. The average Bonchev–Trinajstić information content (AvgIpc) is 2.72. The van der Waals surface area contributed by atoms with E-state index in [0.29, 0.717) is 32.9 Å². The van der Waals surface area contributed by atoms with Crippen LogP contribution in [0.25, 0.3) is 6.08 Å². The number of nitrogens with zero attached hydrogens (tertiary/aromatic N) is 1. The van der Waals surface area contributed by atoms with E-state index in [1.807, 2.05) is 0 Å². The van der Waals surface area contributed by atoms with Crippen molar-refractivity contribution in [2.75, 3.05) is 0 Å². The van der Waals surface area contributed by atoms with Crippen LogP contribution in [0.15, 0.2) is 65.6 Å². The molecule has 0 atom stereocenters. The summed E-state index contributed by atoms with van der Waals surface area (Å²) in [7, 11) is 0. The number of carboxylic acid groups (broad SMARTS) is 1. The maximum absolute atomic E-state index is 13.0. The molecule has 0 aliphatic rings. The standard InChI is InChI=1S/C22H16Cl2FNO3S/c23-17-2-1-3-18(24)22(17)30-13-16-8-10-20(19(26-16)9-11-21(27)28)29-12-14-4-6-15(25)7-5-14/h1-11H,12-13H2,(H,27,28). The number of hydrogen-bond acceptors (Lipinski definition) is 4. The summed E-state index contributed by atoms with van der Waals surface area (Å²) in [6.45, 7) is 0.194. The molecule has 0 spiro atoms. The number of thioether (sulfide) groups is 1. The molecule has 1 aromatic heterocycles. The van der Waals surface area contributed by atoms with Crippen molar-refractivity contribution in [3.05, 3.63) is 93.5 Å². The highest BCUT2D eigenvalue weighted by atomic mass is 35.5. The number of halogens is 3. The SMILES string of the molecule is O=C(O)C=Cc1nc(CSc2c(Cl)cccc2Cl)ccc1OCc1ccc(F)cc1. The van der Waals surface area contributed by atoms with Crippen molar-refractivity contribution in [2.24, 2.45) is 0 Å². The van der Waals surface area contributed by atoms with Crippen molar-refractivity contribution < 1.29 is 19.0 Å². The Bertz CT molecular complexity index is 1050. The van der Waals surface area contributed by atoms with Gasteiger partial charge in [0.2, 0.25) is 0 Å². The summed E-state index contributed by atoms with van der Waals surface area (Å²) in [4.78, 5) is 16.2. The van der Waals surface area contributed by atoms with Gasteiger partial charge in [-0.25, -0.2) is 14.2 Å². The lowest BCUT2D eigenvalue weighted by Gasteiger charge is -2.11. The van der Waals surface area contributed by atoms with Crippen molar-refractivity contribution in [3.63, 3.8) is 0 Å². The molecule has 0 amide bonds. The number of carboxylic acids is 1. The summed E-state index contributed by atoms with van der Waals surface area (Å²) in [5.41, 5.74) is 1.86. The fraction of sp³-hybridized carbons (Fsp3) is 0.0909. The number of ether oxygens (including phenoxy) is 1. The summed E-state index contributed by atoms with van der Waals surface area (Å²) in [5.74, 6) is -0.522. The molecule has 154 valence electrons. The quantitative estimate of drug-likeness (QED) is 0.305. The Balaban J connectivity index is 1.78. The normalized spacial score (nSPS) is 11.0. The Hall–Kier alpha value is -2.54. The van der Waals surface area contributed by atoms with Crippen LogP contribution >= 0.6 is 35.0 Å². The number of aliphatic carboxylic acids is 1. The van der Waals surface area contributed by atoms with Gasteiger partial charge in [0, 0.05) is 16.7 Å². The summed E-state index contributed by atoms with van der Waals surface area (Å²) in [5, 5.41) is 10.1. The van der Waals surface area contributed by atoms with Crippen LogP contribution in [0.1, 0.15) is 17.0 Å². The van der Waals surface area contributed by atoms with E-state index < -0.39 is 5.97 Å². The molecule has 1 heterocycles. The van der Waals surface area contributed by atoms with Crippen LogP contribution in [0.5, 0.6) is 5.75 Å². The van der Waals surface area contributed by atoms with E-state index in [4.69, 9.17) is 33.0 Å². The minimum atomic E-state index is -1.09. The third kappa shape index (κ3) is 6.23. The zero-order valence-corrected chi connectivity index (χ0v) is 17.8. The molecule has 0 fully saturated rings. The highest BCUT2D eigenvalue weighted by molar-refractivity contribution is 7.98.